The number of benzene rings is 1. The Morgan fingerprint density at radius 2 is 1.89 bits per heavy atom. The average Bonchev–Trinajstić information content (AvgIpc) is 3.24. The smallest absolute Gasteiger partial charge is 0.224 e. The predicted molar refractivity (Wildman–Crippen MR) is 104 cm³/mol. The molecule has 2 aromatic rings. The molecule has 0 bridgehead atoms. The maximum Gasteiger partial charge on any atom is 0.224 e. The number of aromatic nitrogens is 2. The number of methoxy groups -OCH3 is 2. The summed E-state index contributed by atoms with van der Waals surface area (Å²) in [7, 11) is 3.23. The first-order chi connectivity index (χ1) is 13.2. The molecule has 6 nitrogen and oxygen atoms in total. The number of hydrogen-bond acceptors (Lipinski definition) is 4. The van der Waals surface area contributed by atoms with Crippen LogP contribution in [-0.4, -0.2) is 30.3 Å². The number of ether oxygens (including phenoxy) is 2. The van der Waals surface area contributed by atoms with Crippen molar-refractivity contribution in [3.8, 4) is 22.8 Å². The molecule has 2 aliphatic rings. The molecule has 1 aromatic heterocycles. The van der Waals surface area contributed by atoms with E-state index in [9.17, 15) is 4.79 Å². The molecule has 144 valence electrons. The number of carbonyl (C=O) groups is 1. The number of carbonyl (C=O) groups excluding carboxylic acids is 1. The van der Waals surface area contributed by atoms with Gasteiger partial charge in [-0.2, -0.15) is 5.10 Å². The van der Waals surface area contributed by atoms with Gasteiger partial charge in [-0.05, 0) is 49.8 Å². The second kappa shape index (κ2) is 7.62. The van der Waals surface area contributed by atoms with Crippen LogP contribution in [0.1, 0.15) is 56.6 Å². The largest absolute Gasteiger partial charge is 0.493 e. The summed E-state index contributed by atoms with van der Waals surface area (Å²) in [6, 6.07) is 5.71. The van der Waals surface area contributed by atoms with Crippen LogP contribution >= 0.6 is 0 Å². The van der Waals surface area contributed by atoms with Crippen LogP contribution in [0.25, 0.3) is 11.3 Å². The van der Waals surface area contributed by atoms with E-state index in [1.54, 1.807) is 14.2 Å². The zero-order chi connectivity index (χ0) is 18.8. The molecule has 2 saturated carbocycles. The van der Waals surface area contributed by atoms with Gasteiger partial charge in [0.15, 0.2) is 11.5 Å². The molecule has 27 heavy (non-hydrogen) atoms. The van der Waals surface area contributed by atoms with Gasteiger partial charge in [-0.3, -0.25) is 9.89 Å². The number of hydrogen-bond donors (Lipinski definition) is 2. The summed E-state index contributed by atoms with van der Waals surface area (Å²) in [5.74, 6) is 2.39. The fourth-order valence-electron chi connectivity index (χ4n) is 4.01. The van der Waals surface area contributed by atoms with Gasteiger partial charge in [-0.1, -0.05) is 12.8 Å². The van der Waals surface area contributed by atoms with Crippen LogP contribution in [0.15, 0.2) is 18.2 Å². The van der Waals surface area contributed by atoms with E-state index in [1.807, 2.05) is 18.2 Å². The highest BCUT2D eigenvalue weighted by Crippen LogP contribution is 2.46. The summed E-state index contributed by atoms with van der Waals surface area (Å²) < 4.78 is 10.8. The third kappa shape index (κ3) is 3.80. The number of nitrogens with one attached hydrogen (secondary N) is 2. The van der Waals surface area contributed by atoms with E-state index in [4.69, 9.17) is 9.47 Å². The maximum absolute atomic E-state index is 12.7. The number of amides is 1. The number of anilines is 1. The van der Waals surface area contributed by atoms with Gasteiger partial charge in [0.2, 0.25) is 5.91 Å². The zero-order valence-electron chi connectivity index (χ0n) is 16.0. The fourth-order valence-corrected chi connectivity index (χ4v) is 4.01. The van der Waals surface area contributed by atoms with Gasteiger partial charge in [0, 0.05) is 17.9 Å². The molecule has 2 N–H and O–H groups in total. The van der Waals surface area contributed by atoms with E-state index >= 15 is 0 Å². The molecule has 2 aliphatic carbocycles. The summed E-state index contributed by atoms with van der Waals surface area (Å²) in [6.07, 6.45) is 7.69. The van der Waals surface area contributed by atoms with Crippen LogP contribution < -0.4 is 14.8 Å². The molecule has 6 heteroatoms. The summed E-state index contributed by atoms with van der Waals surface area (Å²) >= 11 is 0. The van der Waals surface area contributed by atoms with Crippen molar-refractivity contribution in [1.82, 2.24) is 10.2 Å². The zero-order valence-corrected chi connectivity index (χ0v) is 16.0. The van der Waals surface area contributed by atoms with Gasteiger partial charge in [0.1, 0.15) is 5.69 Å². The molecule has 0 atom stereocenters. The summed E-state index contributed by atoms with van der Waals surface area (Å²) in [6.45, 7) is 0. The Morgan fingerprint density at radius 3 is 2.56 bits per heavy atom. The highest BCUT2D eigenvalue weighted by atomic mass is 16.5. The van der Waals surface area contributed by atoms with Gasteiger partial charge in [0.05, 0.1) is 25.6 Å². The average molecular weight is 369 g/mol. The minimum absolute atomic E-state index is 0.0897. The lowest BCUT2D eigenvalue weighted by atomic mass is 10.0. The lowest BCUT2D eigenvalue weighted by molar-refractivity contribution is -0.117. The normalized spacial score (nSPS) is 17.1. The molecular weight excluding hydrogens is 342 g/mol. The summed E-state index contributed by atoms with van der Waals surface area (Å²) in [5.41, 5.74) is 3.52. The first kappa shape index (κ1) is 17.9. The topological polar surface area (TPSA) is 76.2 Å². The summed E-state index contributed by atoms with van der Waals surface area (Å²) in [5, 5.41) is 10.9. The van der Waals surface area contributed by atoms with E-state index in [2.05, 4.69) is 15.5 Å². The molecule has 0 unspecified atom stereocenters. The van der Waals surface area contributed by atoms with Gasteiger partial charge >= 0.3 is 0 Å². The van der Waals surface area contributed by atoms with E-state index in [-0.39, 0.29) is 5.91 Å². The first-order valence-corrected chi connectivity index (χ1v) is 9.80. The van der Waals surface area contributed by atoms with E-state index in [0.717, 1.165) is 48.3 Å². The monoisotopic (exact) mass is 369 g/mol. The van der Waals surface area contributed by atoms with Crippen molar-refractivity contribution in [2.24, 2.45) is 5.92 Å². The second-order valence-electron chi connectivity index (χ2n) is 7.61. The molecule has 0 aliphatic heterocycles. The molecule has 2 fully saturated rings. The highest BCUT2D eigenvalue weighted by molar-refractivity contribution is 5.96. The molecule has 0 radical (unpaired) electrons. The van der Waals surface area contributed by atoms with Crippen molar-refractivity contribution in [3.05, 3.63) is 23.9 Å². The van der Waals surface area contributed by atoms with Crippen LogP contribution in [0.4, 0.5) is 5.69 Å². The van der Waals surface area contributed by atoms with Crippen LogP contribution in [0.3, 0.4) is 0 Å². The molecule has 1 amide bonds. The van der Waals surface area contributed by atoms with Crippen molar-refractivity contribution in [2.75, 3.05) is 19.5 Å². The molecular formula is C21H27N3O3. The van der Waals surface area contributed by atoms with Gasteiger partial charge in [0.25, 0.3) is 0 Å². The van der Waals surface area contributed by atoms with E-state index in [1.165, 1.54) is 12.8 Å². The Labute approximate surface area is 159 Å². The van der Waals surface area contributed by atoms with Crippen molar-refractivity contribution < 1.29 is 14.3 Å². The van der Waals surface area contributed by atoms with Gasteiger partial charge in [-0.25, -0.2) is 0 Å². The first-order valence-electron chi connectivity index (χ1n) is 9.80. The second-order valence-corrected chi connectivity index (χ2v) is 7.61. The van der Waals surface area contributed by atoms with Gasteiger partial charge < -0.3 is 14.8 Å². The van der Waals surface area contributed by atoms with Crippen LogP contribution in [-0.2, 0) is 4.79 Å². The van der Waals surface area contributed by atoms with Crippen LogP contribution in [0, 0.1) is 5.92 Å². The quantitative estimate of drug-likeness (QED) is 0.754. The fraction of sp³-hybridized carbons (Fsp3) is 0.524. The maximum atomic E-state index is 12.7. The number of H-pyrrole nitrogens is 1. The minimum Gasteiger partial charge on any atom is -0.493 e. The van der Waals surface area contributed by atoms with Crippen molar-refractivity contribution in [3.63, 3.8) is 0 Å². The molecule has 1 heterocycles. The number of rotatable bonds is 7. The third-order valence-corrected chi connectivity index (χ3v) is 5.65. The SMILES string of the molecule is COc1ccc(-c2n[nH]c(C3CC3)c2NC(=O)CC2CCCC2)cc1OC. The summed E-state index contributed by atoms with van der Waals surface area (Å²) in [4.78, 5) is 12.7. The molecule has 0 saturated heterocycles. The Bertz CT molecular complexity index is 820. The lowest BCUT2D eigenvalue weighted by Crippen LogP contribution is -2.16. The number of nitrogens with zero attached hydrogens (tertiary/aromatic N) is 1. The predicted octanol–water partition coefficient (Wildman–Crippen LogP) is 4.49. The lowest BCUT2D eigenvalue weighted by Gasteiger charge is -2.12. The van der Waals surface area contributed by atoms with Crippen LogP contribution in [0.5, 0.6) is 11.5 Å². The Hall–Kier alpha value is -2.50. The standard InChI is InChI=1S/C21H27N3O3/c1-26-16-10-9-15(12-17(16)27-2)20-21(19(23-24-20)14-7-8-14)22-18(25)11-13-5-3-4-6-13/h9-10,12-14H,3-8,11H2,1-2H3,(H,22,25)(H,23,24). The molecule has 1 aromatic carbocycles. The number of aromatic amines is 1. The minimum atomic E-state index is 0.0897. The van der Waals surface area contributed by atoms with Crippen molar-refractivity contribution in [2.45, 2.75) is 50.9 Å². The highest BCUT2D eigenvalue weighted by Gasteiger charge is 2.31. The third-order valence-electron chi connectivity index (χ3n) is 5.65. The molecule has 4 rings (SSSR count). The van der Waals surface area contributed by atoms with Crippen LogP contribution in [0.2, 0.25) is 0 Å². The van der Waals surface area contributed by atoms with E-state index in [0.29, 0.717) is 29.8 Å². The Kier molecular flexibility index (Phi) is 5.05. The van der Waals surface area contributed by atoms with Crippen molar-refractivity contribution in [1.29, 1.82) is 0 Å². The van der Waals surface area contributed by atoms with Gasteiger partial charge in [-0.15, -0.1) is 0 Å². The Balaban J connectivity index is 1.62. The van der Waals surface area contributed by atoms with Crippen molar-refractivity contribution >= 4 is 11.6 Å². The Morgan fingerprint density at radius 1 is 1.15 bits per heavy atom. The molecule has 0 spiro atoms. The van der Waals surface area contributed by atoms with E-state index < -0.39 is 0 Å².